The van der Waals surface area contributed by atoms with Gasteiger partial charge in [0.1, 0.15) is 5.75 Å². The molecule has 0 fully saturated rings. The molecule has 0 radical (unpaired) electrons. The van der Waals surface area contributed by atoms with E-state index in [-0.39, 0.29) is 0 Å². The van der Waals surface area contributed by atoms with E-state index in [1.54, 1.807) is 0 Å². The highest BCUT2D eigenvalue weighted by Gasteiger charge is 2.01. The summed E-state index contributed by atoms with van der Waals surface area (Å²) in [6.45, 7) is 3.22. The minimum atomic E-state index is -0.842. The van der Waals surface area contributed by atoms with Gasteiger partial charge in [-0.15, -0.1) is 0 Å². The average Bonchev–Trinajstić information content (AvgIpc) is 2.42. The van der Waals surface area contributed by atoms with Gasteiger partial charge >= 0.3 is 0 Å². The average molecular weight is 277 g/mol. The zero-order valence-electron chi connectivity index (χ0n) is 11.3. The minimum absolute atomic E-state index is 0.569. The summed E-state index contributed by atoms with van der Waals surface area (Å²) >= 11 is 0. The van der Waals surface area contributed by atoms with Gasteiger partial charge in [0.25, 0.3) is 0 Å². The van der Waals surface area contributed by atoms with Crippen LogP contribution < -0.4 is 10.1 Å². The van der Waals surface area contributed by atoms with Gasteiger partial charge in [-0.25, -0.2) is 8.78 Å². The third-order valence-corrected chi connectivity index (χ3v) is 2.83. The molecule has 0 heterocycles. The van der Waals surface area contributed by atoms with Crippen molar-refractivity contribution in [1.82, 2.24) is 0 Å². The molecule has 0 saturated heterocycles. The first-order valence-corrected chi connectivity index (χ1v) is 6.53. The largest absolute Gasteiger partial charge is 0.494 e. The van der Waals surface area contributed by atoms with Crippen LogP contribution in [0, 0.1) is 18.6 Å². The standard InChI is InChI=1S/C16H17F2NO/c1-12-4-2-5-14(10-12)20-9-3-8-19-13-6-7-15(17)16(18)11-13/h2,4-7,10-11,19H,3,8-9H2,1H3. The molecule has 0 bridgehead atoms. The molecular formula is C16H17F2NO. The predicted octanol–water partition coefficient (Wildman–Crippen LogP) is 4.15. The minimum Gasteiger partial charge on any atom is -0.494 e. The second-order valence-electron chi connectivity index (χ2n) is 4.57. The second-order valence-corrected chi connectivity index (χ2v) is 4.57. The molecule has 4 heteroatoms. The Balaban J connectivity index is 1.70. The molecular weight excluding hydrogens is 260 g/mol. The highest BCUT2D eigenvalue weighted by atomic mass is 19.2. The van der Waals surface area contributed by atoms with Crippen molar-refractivity contribution in [2.24, 2.45) is 0 Å². The SMILES string of the molecule is Cc1cccc(OCCCNc2ccc(F)c(F)c2)c1. The van der Waals surface area contributed by atoms with E-state index in [1.165, 1.54) is 6.07 Å². The predicted molar refractivity (Wildman–Crippen MR) is 76.1 cm³/mol. The summed E-state index contributed by atoms with van der Waals surface area (Å²) in [4.78, 5) is 0. The third kappa shape index (κ3) is 4.23. The van der Waals surface area contributed by atoms with Crippen molar-refractivity contribution in [3.63, 3.8) is 0 Å². The van der Waals surface area contributed by atoms with E-state index < -0.39 is 11.6 Å². The van der Waals surface area contributed by atoms with Crippen molar-refractivity contribution in [2.75, 3.05) is 18.5 Å². The van der Waals surface area contributed by atoms with Gasteiger partial charge in [0.05, 0.1) is 6.61 Å². The van der Waals surface area contributed by atoms with Gasteiger partial charge in [-0.2, -0.15) is 0 Å². The highest BCUT2D eigenvalue weighted by molar-refractivity contribution is 5.43. The first kappa shape index (κ1) is 14.3. The molecule has 0 saturated carbocycles. The van der Waals surface area contributed by atoms with Crippen LogP contribution in [0.2, 0.25) is 0 Å². The number of nitrogens with one attached hydrogen (secondary N) is 1. The number of benzene rings is 2. The van der Waals surface area contributed by atoms with Crippen LogP contribution in [0.5, 0.6) is 5.75 Å². The van der Waals surface area contributed by atoms with Crippen LogP contribution in [0.1, 0.15) is 12.0 Å². The van der Waals surface area contributed by atoms with Gasteiger partial charge in [-0.1, -0.05) is 12.1 Å². The van der Waals surface area contributed by atoms with Crippen molar-refractivity contribution in [1.29, 1.82) is 0 Å². The van der Waals surface area contributed by atoms with Gasteiger partial charge in [-0.3, -0.25) is 0 Å². The van der Waals surface area contributed by atoms with Crippen molar-refractivity contribution >= 4 is 5.69 Å². The Hall–Kier alpha value is -2.10. The van der Waals surface area contributed by atoms with Crippen molar-refractivity contribution < 1.29 is 13.5 Å². The molecule has 2 aromatic rings. The molecule has 0 aliphatic carbocycles. The zero-order valence-corrected chi connectivity index (χ0v) is 11.3. The number of hydrogen-bond donors (Lipinski definition) is 1. The van der Waals surface area contributed by atoms with Crippen molar-refractivity contribution in [2.45, 2.75) is 13.3 Å². The Morgan fingerprint density at radius 3 is 2.65 bits per heavy atom. The second kappa shape index (κ2) is 6.89. The highest BCUT2D eigenvalue weighted by Crippen LogP contribution is 2.14. The van der Waals surface area contributed by atoms with E-state index in [2.05, 4.69) is 5.32 Å². The molecule has 2 rings (SSSR count). The normalized spacial score (nSPS) is 10.3. The molecule has 0 unspecified atom stereocenters. The van der Waals surface area contributed by atoms with Crippen LogP contribution in [0.25, 0.3) is 0 Å². The van der Waals surface area contributed by atoms with Crippen LogP contribution in [0.4, 0.5) is 14.5 Å². The Morgan fingerprint density at radius 2 is 1.90 bits per heavy atom. The maximum Gasteiger partial charge on any atom is 0.160 e. The van der Waals surface area contributed by atoms with E-state index in [0.29, 0.717) is 18.8 Å². The maximum atomic E-state index is 13.0. The van der Waals surface area contributed by atoms with Gasteiger partial charge in [0, 0.05) is 12.2 Å². The molecule has 0 aliphatic rings. The Morgan fingerprint density at radius 1 is 1.05 bits per heavy atom. The number of anilines is 1. The smallest absolute Gasteiger partial charge is 0.160 e. The maximum absolute atomic E-state index is 13.0. The molecule has 20 heavy (non-hydrogen) atoms. The van der Waals surface area contributed by atoms with Gasteiger partial charge in [0.15, 0.2) is 11.6 Å². The third-order valence-electron chi connectivity index (χ3n) is 2.83. The van der Waals surface area contributed by atoms with E-state index in [4.69, 9.17) is 4.74 Å². The molecule has 106 valence electrons. The molecule has 0 aromatic heterocycles. The van der Waals surface area contributed by atoms with Gasteiger partial charge in [0.2, 0.25) is 0 Å². The first-order valence-electron chi connectivity index (χ1n) is 6.53. The fraction of sp³-hybridized carbons (Fsp3) is 0.250. The summed E-state index contributed by atoms with van der Waals surface area (Å²) in [5.74, 6) is -0.831. The van der Waals surface area contributed by atoms with E-state index in [9.17, 15) is 8.78 Å². The lowest BCUT2D eigenvalue weighted by Crippen LogP contribution is -2.07. The van der Waals surface area contributed by atoms with Gasteiger partial charge < -0.3 is 10.1 Å². The number of aryl methyl sites for hydroxylation is 1. The molecule has 1 N–H and O–H groups in total. The van der Waals surface area contributed by atoms with Crippen LogP contribution >= 0.6 is 0 Å². The summed E-state index contributed by atoms with van der Waals surface area (Å²) in [5.41, 5.74) is 1.72. The van der Waals surface area contributed by atoms with Crippen molar-refractivity contribution in [3.05, 3.63) is 59.7 Å². The number of ether oxygens (including phenoxy) is 1. The van der Waals surface area contributed by atoms with E-state index in [1.807, 2.05) is 31.2 Å². The molecule has 0 amide bonds. The summed E-state index contributed by atoms with van der Waals surface area (Å²) < 4.78 is 31.3. The summed E-state index contributed by atoms with van der Waals surface area (Å²) in [6, 6.07) is 11.6. The quantitative estimate of drug-likeness (QED) is 0.801. The number of rotatable bonds is 6. The van der Waals surface area contributed by atoms with Crippen molar-refractivity contribution in [3.8, 4) is 5.75 Å². The molecule has 0 spiro atoms. The van der Waals surface area contributed by atoms with Crippen LogP contribution in [0.15, 0.2) is 42.5 Å². The summed E-state index contributed by atoms with van der Waals surface area (Å²) in [7, 11) is 0. The fourth-order valence-corrected chi connectivity index (χ4v) is 1.81. The lowest BCUT2D eigenvalue weighted by Gasteiger charge is -2.09. The Labute approximate surface area is 117 Å². The number of hydrogen-bond acceptors (Lipinski definition) is 2. The van der Waals surface area contributed by atoms with Crippen LogP contribution in [-0.4, -0.2) is 13.2 Å². The fourth-order valence-electron chi connectivity index (χ4n) is 1.81. The van der Waals surface area contributed by atoms with Crippen LogP contribution in [0.3, 0.4) is 0 Å². The topological polar surface area (TPSA) is 21.3 Å². The molecule has 2 aromatic carbocycles. The molecule has 0 aliphatic heterocycles. The lowest BCUT2D eigenvalue weighted by atomic mass is 10.2. The lowest BCUT2D eigenvalue weighted by molar-refractivity contribution is 0.315. The Kier molecular flexibility index (Phi) is 4.93. The molecule has 2 nitrogen and oxygen atoms in total. The van der Waals surface area contributed by atoms with Crippen LogP contribution in [-0.2, 0) is 0 Å². The van der Waals surface area contributed by atoms with E-state index in [0.717, 1.165) is 29.9 Å². The van der Waals surface area contributed by atoms with Gasteiger partial charge in [-0.05, 0) is 49.2 Å². The molecule has 0 atom stereocenters. The Bertz CT molecular complexity index is 572. The summed E-state index contributed by atoms with van der Waals surface area (Å²) in [5, 5.41) is 3.02. The monoisotopic (exact) mass is 277 g/mol. The zero-order chi connectivity index (χ0) is 14.4. The first-order chi connectivity index (χ1) is 9.65. The summed E-state index contributed by atoms with van der Waals surface area (Å²) in [6.07, 6.45) is 0.771. The number of halogens is 2. The van der Waals surface area contributed by atoms with E-state index >= 15 is 0 Å².